The molecule has 0 bridgehead atoms. The standard InChI is InChI=1S/C13H12ClFN4/c14-9-5-1-4-8(11(9)15)12-17-10-6-2-3-7(10)13(18-12)19-16/h1,4-5H,2-3,6,16H2,(H,17,18,19). The van der Waals surface area contributed by atoms with E-state index in [-0.39, 0.29) is 5.02 Å². The number of nitrogens with two attached hydrogens (primary N) is 1. The topological polar surface area (TPSA) is 63.8 Å². The van der Waals surface area contributed by atoms with Crippen LogP contribution in [0.3, 0.4) is 0 Å². The van der Waals surface area contributed by atoms with Gasteiger partial charge in [-0.25, -0.2) is 20.2 Å². The van der Waals surface area contributed by atoms with Crippen molar-refractivity contribution in [2.24, 2.45) is 5.84 Å². The van der Waals surface area contributed by atoms with Crippen LogP contribution in [0.4, 0.5) is 10.2 Å². The number of fused-ring (bicyclic) bond motifs is 1. The van der Waals surface area contributed by atoms with Crippen molar-refractivity contribution in [3.8, 4) is 11.4 Å². The second kappa shape index (κ2) is 4.75. The zero-order valence-corrected chi connectivity index (χ0v) is 10.8. The molecule has 98 valence electrons. The van der Waals surface area contributed by atoms with Crippen molar-refractivity contribution >= 4 is 17.4 Å². The fraction of sp³-hybridized carbons (Fsp3) is 0.231. The van der Waals surface area contributed by atoms with E-state index in [1.807, 2.05) is 0 Å². The predicted octanol–water partition coefficient (Wildman–Crippen LogP) is 2.71. The normalized spacial score (nSPS) is 13.4. The molecule has 0 fully saturated rings. The van der Waals surface area contributed by atoms with Crippen molar-refractivity contribution in [1.29, 1.82) is 0 Å². The van der Waals surface area contributed by atoms with Crippen molar-refractivity contribution < 1.29 is 4.39 Å². The van der Waals surface area contributed by atoms with Crippen molar-refractivity contribution in [2.75, 3.05) is 5.43 Å². The number of rotatable bonds is 2. The number of nitrogens with one attached hydrogen (secondary N) is 1. The highest BCUT2D eigenvalue weighted by Crippen LogP contribution is 2.31. The lowest BCUT2D eigenvalue weighted by atomic mass is 10.1. The van der Waals surface area contributed by atoms with Gasteiger partial charge in [0, 0.05) is 11.3 Å². The molecular weight excluding hydrogens is 267 g/mol. The van der Waals surface area contributed by atoms with Crippen molar-refractivity contribution in [3.05, 3.63) is 40.3 Å². The molecule has 0 saturated carbocycles. The summed E-state index contributed by atoms with van der Waals surface area (Å²) in [5.41, 5.74) is 4.81. The fourth-order valence-electron chi connectivity index (χ4n) is 2.35. The maximum atomic E-state index is 14.0. The largest absolute Gasteiger partial charge is 0.308 e. The molecule has 3 N–H and O–H groups in total. The molecule has 1 heterocycles. The summed E-state index contributed by atoms with van der Waals surface area (Å²) in [4.78, 5) is 8.72. The first-order chi connectivity index (χ1) is 9.20. The molecule has 0 radical (unpaired) electrons. The summed E-state index contributed by atoms with van der Waals surface area (Å²) in [5.74, 6) is 5.85. The zero-order chi connectivity index (χ0) is 13.4. The average Bonchev–Trinajstić information content (AvgIpc) is 2.89. The molecule has 3 rings (SSSR count). The summed E-state index contributed by atoms with van der Waals surface area (Å²) < 4.78 is 14.0. The second-order valence-corrected chi connectivity index (χ2v) is 4.83. The summed E-state index contributed by atoms with van der Waals surface area (Å²) in [6.07, 6.45) is 2.77. The summed E-state index contributed by atoms with van der Waals surface area (Å²) in [6, 6.07) is 4.78. The number of aryl methyl sites for hydroxylation is 1. The van der Waals surface area contributed by atoms with Crippen LogP contribution in [0, 0.1) is 5.82 Å². The van der Waals surface area contributed by atoms with Gasteiger partial charge < -0.3 is 5.43 Å². The van der Waals surface area contributed by atoms with Gasteiger partial charge in [-0.1, -0.05) is 17.7 Å². The first-order valence-corrected chi connectivity index (χ1v) is 6.39. The molecule has 0 amide bonds. The lowest BCUT2D eigenvalue weighted by Crippen LogP contribution is -2.13. The van der Waals surface area contributed by atoms with E-state index in [0.717, 1.165) is 30.5 Å². The number of benzene rings is 1. The van der Waals surface area contributed by atoms with Gasteiger partial charge in [-0.15, -0.1) is 0 Å². The lowest BCUT2D eigenvalue weighted by molar-refractivity contribution is 0.630. The number of nitrogen functional groups attached to an aromatic ring is 1. The van der Waals surface area contributed by atoms with Crippen LogP contribution in [0.5, 0.6) is 0 Å². The Hall–Kier alpha value is -1.72. The van der Waals surface area contributed by atoms with Crippen LogP contribution in [-0.4, -0.2) is 9.97 Å². The molecule has 0 saturated heterocycles. The molecule has 2 aromatic rings. The van der Waals surface area contributed by atoms with E-state index in [4.69, 9.17) is 17.4 Å². The number of hydrazine groups is 1. The number of hydrogen-bond acceptors (Lipinski definition) is 4. The number of nitrogens with zero attached hydrogens (tertiary/aromatic N) is 2. The molecule has 0 atom stereocenters. The zero-order valence-electron chi connectivity index (χ0n) is 10.1. The summed E-state index contributed by atoms with van der Waals surface area (Å²) in [5, 5.41) is 0.0591. The number of aromatic nitrogens is 2. The first-order valence-electron chi connectivity index (χ1n) is 6.01. The van der Waals surface area contributed by atoms with E-state index in [2.05, 4.69) is 15.4 Å². The molecule has 0 aliphatic heterocycles. The third-order valence-electron chi connectivity index (χ3n) is 3.26. The maximum absolute atomic E-state index is 14.0. The molecule has 1 aromatic carbocycles. The monoisotopic (exact) mass is 278 g/mol. The van der Waals surface area contributed by atoms with Crippen LogP contribution in [0.1, 0.15) is 17.7 Å². The minimum absolute atomic E-state index is 0.0591. The minimum Gasteiger partial charge on any atom is -0.308 e. The van der Waals surface area contributed by atoms with E-state index in [9.17, 15) is 4.39 Å². The van der Waals surface area contributed by atoms with Crippen LogP contribution >= 0.6 is 11.6 Å². The molecule has 19 heavy (non-hydrogen) atoms. The highest BCUT2D eigenvalue weighted by molar-refractivity contribution is 6.31. The highest BCUT2D eigenvalue weighted by Gasteiger charge is 2.21. The van der Waals surface area contributed by atoms with Gasteiger partial charge in [0.15, 0.2) is 11.6 Å². The second-order valence-electron chi connectivity index (χ2n) is 4.42. The third kappa shape index (κ3) is 2.05. The Balaban J connectivity index is 2.18. The molecule has 1 aliphatic carbocycles. The van der Waals surface area contributed by atoms with Gasteiger partial charge >= 0.3 is 0 Å². The molecule has 1 aromatic heterocycles. The Morgan fingerprint density at radius 3 is 2.89 bits per heavy atom. The van der Waals surface area contributed by atoms with Gasteiger partial charge in [-0.05, 0) is 31.4 Å². The van der Waals surface area contributed by atoms with Crippen LogP contribution in [0.2, 0.25) is 5.02 Å². The van der Waals surface area contributed by atoms with E-state index >= 15 is 0 Å². The molecule has 0 spiro atoms. The number of anilines is 1. The van der Waals surface area contributed by atoms with Crippen LogP contribution in [0.25, 0.3) is 11.4 Å². The Kier molecular flexibility index (Phi) is 3.08. The Morgan fingerprint density at radius 2 is 2.11 bits per heavy atom. The molecule has 1 aliphatic rings. The summed E-state index contributed by atoms with van der Waals surface area (Å²) in [7, 11) is 0. The lowest BCUT2D eigenvalue weighted by Gasteiger charge is -2.10. The van der Waals surface area contributed by atoms with Crippen LogP contribution in [0.15, 0.2) is 18.2 Å². The Labute approximate surface area is 114 Å². The fourth-order valence-corrected chi connectivity index (χ4v) is 2.52. The van der Waals surface area contributed by atoms with E-state index in [0.29, 0.717) is 17.2 Å². The maximum Gasteiger partial charge on any atom is 0.164 e. The van der Waals surface area contributed by atoms with Gasteiger partial charge in [0.1, 0.15) is 5.82 Å². The van der Waals surface area contributed by atoms with Gasteiger partial charge in [-0.2, -0.15) is 0 Å². The molecular formula is C13H12ClFN4. The van der Waals surface area contributed by atoms with Gasteiger partial charge in [0.2, 0.25) is 0 Å². The Bertz CT molecular complexity index is 645. The third-order valence-corrected chi connectivity index (χ3v) is 3.55. The summed E-state index contributed by atoms with van der Waals surface area (Å²) in [6.45, 7) is 0. The smallest absolute Gasteiger partial charge is 0.164 e. The van der Waals surface area contributed by atoms with E-state index in [1.54, 1.807) is 12.1 Å². The van der Waals surface area contributed by atoms with Crippen molar-refractivity contribution in [2.45, 2.75) is 19.3 Å². The van der Waals surface area contributed by atoms with Gasteiger partial charge in [0.25, 0.3) is 0 Å². The number of hydrogen-bond donors (Lipinski definition) is 2. The summed E-state index contributed by atoms with van der Waals surface area (Å²) >= 11 is 5.78. The van der Waals surface area contributed by atoms with E-state index < -0.39 is 5.82 Å². The minimum atomic E-state index is -0.509. The van der Waals surface area contributed by atoms with Crippen molar-refractivity contribution in [1.82, 2.24) is 9.97 Å². The Morgan fingerprint density at radius 1 is 1.26 bits per heavy atom. The molecule has 6 heteroatoms. The average molecular weight is 279 g/mol. The van der Waals surface area contributed by atoms with Crippen LogP contribution in [-0.2, 0) is 12.8 Å². The predicted molar refractivity (Wildman–Crippen MR) is 72.3 cm³/mol. The quantitative estimate of drug-likeness (QED) is 0.655. The van der Waals surface area contributed by atoms with Gasteiger partial charge in [0.05, 0.1) is 10.6 Å². The first kappa shape index (κ1) is 12.3. The van der Waals surface area contributed by atoms with Crippen LogP contribution < -0.4 is 11.3 Å². The van der Waals surface area contributed by atoms with Gasteiger partial charge in [-0.3, -0.25) is 0 Å². The SMILES string of the molecule is NNc1nc(-c2cccc(Cl)c2F)nc2c1CCC2. The van der Waals surface area contributed by atoms with E-state index in [1.165, 1.54) is 6.07 Å². The van der Waals surface area contributed by atoms with Crippen molar-refractivity contribution in [3.63, 3.8) is 0 Å². The number of halogens is 2. The highest BCUT2D eigenvalue weighted by atomic mass is 35.5. The molecule has 4 nitrogen and oxygen atoms in total. The molecule has 0 unspecified atom stereocenters.